The minimum atomic E-state index is -0.447. The molecular formula is C35H32O7. The van der Waals surface area contributed by atoms with Crippen LogP contribution in [0.15, 0.2) is 84.9 Å². The molecule has 2 aliphatic rings. The lowest BCUT2D eigenvalue weighted by atomic mass is 9.82. The standard InChI is InChI=1S/C35H32O7/c1-5-38-24-10-6-22(7-11-24)33(36)41-26-14-16-28-29-17-15-27(19-31(29)35(3,4)30(28)18-26)42-34(37)23-8-12-25(13-9-23)40-21(2)32-20-39-32/h6-19,21,32H,5,20H2,1-4H3. The fourth-order valence-electron chi connectivity index (χ4n) is 5.30. The van der Waals surface area contributed by atoms with Crippen molar-refractivity contribution in [3.05, 3.63) is 107 Å². The van der Waals surface area contributed by atoms with E-state index >= 15 is 0 Å². The highest BCUT2D eigenvalue weighted by Crippen LogP contribution is 2.50. The molecule has 0 N–H and O–H groups in total. The zero-order chi connectivity index (χ0) is 29.4. The number of epoxide rings is 1. The molecule has 4 aromatic carbocycles. The van der Waals surface area contributed by atoms with Crippen LogP contribution in [0.2, 0.25) is 0 Å². The number of rotatable bonds is 9. The number of carbonyl (C=O) groups excluding carboxylic acids is 2. The van der Waals surface area contributed by atoms with Crippen LogP contribution in [0.3, 0.4) is 0 Å². The van der Waals surface area contributed by atoms with Crippen LogP contribution in [0, 0.1) is 0 Å². The summed E-state index contributed by atoms with van der Waals surface area (Å²) >= 11 is 0. The van der Waals surface area contributed by atoms with Gasteiger partial charge in [-0.1, -0.05) is 26.0 Å². The summed E-state index contributed by atoms with van der Waals surface area (Å²) in [6, 6.07) is 25.2. The maximum Gasteiger partial charge on any atom is 0.343 e. The van der Waals surface area contributed by atoms with Crippen LogP contribution in [0.4, 0.5) is 0 Å². The van der Waals surface area contributed by atoms with Gasteiger partial charge in [0.1, 0.15) is 35.2 Å². The van der Waals surface area contributed by atoms with Gasteiger partial charge in [0.2, 0.25) is 0 Å². The van der Waals surface area contributed by atoms with Crippen molar-refractivity contribution in [3.63, 3.8) is 0 Å². The first kappa shape index (κ1) is 27.5. The molecule has 2 atom stereocenters. The molecule has 0 radical (unpaired) electrons. The lowest BCUT2D eigenvalue weighted by Crippen LogP contribution is -2.18. The highest BCUT2D eigenvalue weighted by molar-refractivity contribution is 5.92. The van der Waals surface area contributed by atoms with E-state index in [4.69, 9.17) is 23.7 Å². The van der Waals surface area contributed by atoms with Gasteiger partial charge in [-0.25, -0.2) is 9.59 Å². The topological polar surface area (TPSA) is 83.6 Å². The minimum absolute atomic E-state index is 0.0388. The van der Waals surface area contributed by atoms with Gasteiger partial charge in [-0.05, 0) is 109 Å². The van der Waals surface area contributed by atoms with Gasteiger partial charge in [-0.15, -0.1) is 0 Å². The predicted octanol–water partition coefficient (Wildman–Crippen LogP) is 7.00. The lowest BCUT2D eigenvalue weighted by Gasteiger charge is -2.22. The van der Waals surface area contributed by atoms with Crippen LogP contribution in [-0.4, -0.2) is 37.4 Å². The third-order valence-electron chi connectivity index (χ3n) is 7.74. The molecule has 0 spiro atoms. The maximum atomic E-state index is 12.9. The summed E-state index contributed by atoms with van der Waals surface area (Å²) in [6.45, 7) is 9.35. The van der Waals surface area contributed by atoms with Gasteiger partial charge >= 0.3 is 11.9 Å². The number of carbonyl (C=O) groups is 2. The van der Waals surface area contributed by atoms with Crippen LogP contribution in [0.25, 0.3) is 11.1 Å². The molecule has 1 fully saturated rings. The molecule has 42 heavy (non-hydrogen) atoms. The Morgan fingerprint density at radius 1 is 0.762 bits per heavy atom. The number of fused-ring (bicyclic) bond motifs is 3. The number of hydrogen-bond donors (Lipinski definition) is 0. The summed E-state index contributed by atoms with van der Waals surface area (Å²) in [6.07, 6.45) is 0.0960. The molecule has 7 nitrogen and oxygen atoms in total. The Morgan fingerprint density at radius 3 is 1.67 bits per heavy atom. The van der Waals surface area contributed by atoms with Gasteiger partial charge in [0.05, 0.1) is 24.3 Å². The van der Waals surface area contributed by atoms with E-state index in [1.165, 1.54) is 0 Å². The molecule has 0 amide bonds. The van der Waals surface area contributed by atoms with Crippen LogP contribution < -0.4 is 18.9 Å². The van der Waals surface area contributed by atoms with Crippen molar-refractivity contribution in [3.8, 4) is 34.1 Å². The molecule has 7 heteroatoms. The van der Waals surface area contributed by atoms with Crippen LogP contribution in [-0.2, 0) is 10.2 Å². The fraction of sp³-hybridized carbons (Fsp3) is 0.257. The summed E-state index contributed by atoms with van der Waals surface area (Å²) in [5, 5.41) is 0. The zero-order valence-electron chi connectivity index (χ0n) is 24.0. The summed E-state index contributed by atoms with van der Waals surface area (Å²) in [7, 11) is 0. The maximum absolute atomic E-state index is 12.9. The number of esters is 2. The first-order valence-electron chi connectivity index (χ1n) is 14.1. The first-order chi connectivity index (χ1) is 20.2. The van der Waals surface area contributed by atoms with Gasteiger partial charge in [0, 0.05) is 5.41 Å². The van der Waals surface area contributed by atoms with E-state index in [2.05, 4.69) is 13.8 Å². The monoisotopic (exact) mass is 564 g/mol. The molecule has 1 saturated heterocycles. The van der Waals surface area contributed by atoms with Crippen molar-refractivity contribution in [2.24, 2.45) is 0 Å². The van der Waals surface area contributed by atoms with E-state index in [9.17, 15) is 9.59 Å². The minimum Gasteiger partial charge on any atom is -0.494 e. The molecule has 1 heterocycles. The molecule has 2 unspecified atom stereocenters. The molecule has 4 aromatic rings. The zero-order valence-corrected chi connectivity index (χ0v) is 24.0. The molecule has 214 valence electrons. The van der Waals surface area contributed by atoms with Crippen molar-refractivity contribution in [2.45, 2.75) is 45.3 Å². The molecule has 1 aliphatic heterocycles. The summed E-state index contributed by atoms with van der Waals surface area (Å²) in [5.41, 5.74) is 4.62. The van der Waals surface area contributed by atoms with Crippen molar-refractivity contribution in [1.82, 2.24) is 0 Å². The first-order valence-corrected chi connectivity index (χ1v) is 14.1. The molecule has 1 aliphatic carbocycles. The number of ether oxygens (including phenoxy) is 5. The average molecular weight is 565 g/mol. The third kappa shape index (κ3) is 5.48. The Morgan fingerprint density at radius 2 is 1.21 bits per heavy atom. The normalized spacial score (nSPS) is 16.5. The van der Waals surface area contributed by atoms with Gasteiger partial charge in [-0.2, -0.15) is 0 Å². The average Bonchev–Trinajstić information content (AvgIpc) is 3.81. The second kappa shape index (κ2) is 11.0. The van der Waals surface area contributed by atoms with Gasteiger partial charge in [-0.3, -0.25) is 0 Å². The van der Waals surface area contributed by atoms with Crippen molar-refractivity contribution < 1.29 is 33.3 Å². The SMILES string of the molecule is CCOc1ccc(C(=O)Oc2ccc3c(c2)C(C)(C)c2cc(OC(=O)c4ccc(OC(C)C5CO5)cc4)ccc2-3)cc1. The molecule has 0 saturated carbocycles. The van der Waals surface area contributed by atoms with E-state index in [1.807, 2.05) is 38.1 Å². The Labute approximate surface area is 244 Å². The largest absolute Gasteiger partial charge is 0.494 e. The Hall–Kier alpha value is -4.62. The van der Waals surface area contributed by atoms with E-state index < -0.39 is 17.4 Å². The Kier molecular flexibility index (Phi) is 7.21. The van der Waals surface area contributed by atoms with E-state index in [0.717, 1.165) is 22.3 Å². The highest BCUT2D eigenvalue weighted by Gasteiger charge is 2.36. The second-order valence-electron chi connectivity index (χ2n) is 11.0. The molecule has 6 rings (SSSR count). The molecule has 0 bridgehead atoms. The van der Waals surface area contributed by atoms with Crippen molar-refractivity contribution in [2.75, 3.05) is 13.2 Å². The fourth-order valence-corrected chi connectivity index (χ4v) is 5.30. The van der Waals surface area contributed by atoms with E-state index in [1.54, 1.807) is 60.7 Å². The summed E-state index contributed by atoms with van der Waals surface area (Å²) in [4.78, 5) is 25.7. The van der Waals surface area contributed by atoms with Crippen LogP contribution >= 0.6 is 0 Å². The van der Waals surface area contributed by atoms with Crippen molar-refractivity contribution in [1.29, 1.82) is 0 Å². The summed E-state index contributed by atoms with van der Waals surface area (Å²) < 4.78 is 28.0. The lowest BCUT2D eigenvalue weighted by molar-refractivity contribution is 0.0725. The second-order valence-corrected chi connectivity index (χ2v) is 11.0. The smallest absolute Gasteiger partial charge is 0.343 e. The third-order valence-corrected chi connectivity index (χ3v) is 7.74. The molecular weight excluding hydrogens is 532 g/mol. The van der Waals surface area contributed by atoms with E-state index in [-0.39, 0.29) is 12.2 Å². The Balaban J connectivity index is 1.15. The molecule has 0 aromatic heterocycles. The van der Waals surface area contributed by atoms with Crippen LogP contribution in [0.5, 0.6) is 23.0 Å². The highest BCUT2D eigenvalue weighted by atomic mass is 16.6. The Bertz CT molecular complexity index is 1630. The predicted molar refractivity (Wildman–Crippen MR) is 158 cm³/mol. The number of benzene rings is 4. The van der Waals surface area contributed by atoms with Gasteiger partial charge in [0.25, 0.3) is 0 Å². The van der Waals surface area contributed by atoms with Crippen LogP contribution in [0.1, 0.15) is 59.5 Å². The number of hydrogen-bond acceptors (Lipinski definition) is 7. The van der Waals surface area contributed by atoms with Gasteiger partial charge < -0.3 is 23.7 Å². The van der Waals surface area contributed by atoms with Crippen molar-refractivity contribution >= 4 is 11.9 Å². The summed E-state index contributed by atoms with van der Waals surface area (Å²) in [5.74, 6) is 1.42. The quantitative estimate of drug-likeness (QED) is 0.123. The van der Waals surface area contributed by atoms with E-state index in [0.29, 0.717) is 47.3 Å². The van der Waals surface area contributed by atoms with Gasteiger partial charge in [0.15, 0.2) is 0 Å².